The third-order valence-electron chi connectivity index (χ3n) is 4.97. The Labute approximate surface area is 124 Å². The van der Waals surface area contributed by atoms with Gasteiger partial charge in [0.2, 0.25) is 0 Å². The summed E-state index contributed by atoms with van der Waals surface area (Å²) in [5, 5.41) is 3.92. The maximum Gasteiger partial charge on any atom is 0.0309 e. The van der Waals surface area contributed by atoms with Crippen LogP contribution in [0, 0.1) is 5.41 Å². The van der Waals surface area contributed by atoms with E-state index >= 15 is 0 Å². The Bertz CT molecular complexity index is 279. The van der Waals surface area contributed by atoms with E-state index in [-0.39, 0.29) is 0 Å². The molecule has 0 radical (unpaired) electrons. The summed E-state index contributed by atoms with van der Waals surface area (Å²) < 4.78 is 0. The predicted octanol–water partition coefficient (Wildman–Crippen LogP) is 3.37. The lowest BCUT2D eigenvalue weighted by Crippen LogP contribution is -2.66. The minimum atomic E-state index is 0.382. The van der Waals surface area contributed by atoms with Gasteiger partial charge in [0, 0.05) is 24.7 Å². The lowest BCUT2D eigenvalue weighted by molar-refractivity contribution is 0.0242. The Morgan fingerprint density at radius 3 is 2.53 bits per heavy atom. The van der Waals surface area contributed by atoms with E-state index in [1.54, 1.807) is 0 Å². The fourth-order valence-corrected chi connectivity index (χ4v) is 4.30. The van der Waals surface area contributed by atoms with Gasteiger partial charge in [0.05, 0.1) is 0 Å². The lowest BCUT2D eigenvalue weighted by Gasteiger charge is -2.51. The number of thioether (sulfide) groups is 1. The molecule has 19 heavy (non-hydrogen) atoms. The summed E-state index contributed by atoms with van der Waals surface area (Å²) in [6.45, 7) is 10.9. The Kier molecular flexibility index (Phi) is 5.24. The largest absolute Gasteiger partial charge is 0.308 e. The van der Waals surface area contributed by atoms with Crippen LogP contribution >= 0.6 is 11.8 Å². The number of hydrogen-bond acceptors (Lipinski definition) is 3. The molecule has 1 saturated heterocycles. The quantitative estimate of drug-likeness (QED) is 0.797. The van der Waals surface area contributed by atoms with Crippen LogP contribution in [0.1, 0.15) is 52.9 Å². The van der Waals surface area contributed by atoms with E-state index in [9.17, 15) is 0 Å². The molecule has 1 atom stereocenters. The van der Waals surface area contributed by atoms with E-state index in [0.29, 0.717) is 17.0 Å². The Balaban J connectivity index is 2.00. The molecule has 3 heteroatoms. The minimum absolute atomic E-state index is 0.382. The lowest BCUT2D eigenvalue weighted by atomic mass is 9.81. The second-order valence-corrected chi connectivity index (χ2v) is 8.55. The van der Waals surface area contributed by atoms with Gasteiger partial charge in [0.1, 0.15) is 0 Å². The molecule has 0 bridgehead atoms. The fourth-order valence-electron chi connectivity index (χ4n) is 3.88. The van der Waals surface area contributed by atoms with Crippen LogP contribution in [0.15, 0.2) is 0 Å². The SMILES string of the molecule is CSCCCN1CC2(CCCC2)NCC1C(C)(C)C. The van der Waals surface area contributed by atoms with Crippen LogP contribution in [-0.2, 0) is 0 Å². The third kappa shape index (κ3) is 3.89. The molecular weight excluding hydrogens is 252 g/mol. The van der Waals surface area contributed by atoms with Gasteiger partial charge >= 0.3 is 0 Å². The molecule has 2 aliphatic rings. The van der Waals surface area contributed by atoms with Crippen LogP contribution in [0.2, 0.25) is 0 Å². The van der Waals surface area contributed by atoms with Gasteiger partial charge in [-0.15, -0.1) is 0 Å². The first-order valence-electron chi connectivity index (χ1n) is 7.95. The molecule has 1 spiro atoms. The normalized spacial score (nSPS) is 28.1. The van der Waals surface area contributed by atoms with Gasteiger partial charge in [-0.1, -0.05) is 33.6 Å². The van der Waals surface area contributed by atoms with E-state index in [0.717, 1.165) is 0 Å². The Morgan fingerprint density at radius 2 is 1.95 bits per heavy atom. The molecular formula is C16H32N2S. The van der Waals surface area contributed by atoms with Gasteiger partial charge in [0.15, 0.2) is 0 Å². The molecule has 0 aromatic rings. The zero-order valence-corrected chi connectivity index (χ0v) is 14.1. The van der Waals surface area contributed by atoms with Crippen molar-refractivity contribution in [2.24, 2.45) is 5.41 Å². The Morgan fingerprint density at radius 1 is 1.26 bits per heavy atom. The first kappa shape index (κ1) is 15.7. The Hall–Kier alpha value is 0.270. The number of rotatable bonds is 4. The molecule has 1 unspecified atom stereocenters. The molecule has 2 nitrogen and oxygen atoms in total. The van der Waals surface area contributed by atoms with E-state index in [1.165, 1.54) is 57.5 Å². The second-order valence-electron chi connectivity index (χ2n) is 7.57. The number of nitrogens with one attached hydrogen (secondary N) is 1. The molecule has 0 aromatic carbocycles. The summed E-state index contributed by atoms with van der Waals surface area (Å²) in [6.07, 6.45) is 9.19. The maximum absolute atomic E-state index is 3.92. The van der Waals surface area contributed by atoms with Crippen molar-refractivity contribution in [1.29, 1.82) is 0 Å². The van der Waals surface area contributed by atoms with E-state index in [1.807, 2.05) is 11.8 Å². The van der Waals surface area contributed by atoms with Crippen molar-refractivity contribution in [3.63, 3.8) is 0 Å². The highest BCUT2D eigenvalue weighted by molar-refractivity contribution is 7.98. The van der Waals surface area contributed by atoms with Crippen LogP contribution in [0.4, 0.5) is 0 Å². The van der Waals surface area contributed by atoms with Crippen LogP contribution in [0.25, 0.3) is 0 Å². The summed E-state index contributed by atoms with van der Waals surface area (Å²) in [5.74, 6) is 1.30. The predicted molar refractivity (Wildman–Crippen MR) is 87.0 cm³/mol. The smallest absolute Gasteiger partial charge is 0.0309 e. The van der Waals surface area contributed by atoms with Crippen molar-refractivity contribution in [3.8, 4) is 0 Å². The van der Waals surface area contributed by atoms with Gasteiger partial charge < -0.3 is 5.32 Å². The van der Waals surface area contributed by atoms with Crippen molar-refractivity contribution in [2.75, 3.05) is 31.6 Å². The van der Waals surface area contributed by atoms with Gasteiger partial charge in [-0.2, -0.15) is 11.8 Å². The number of nitrogens with zero attached hydrogens (tertiary/aromatic N) is 1. The average molecular weight is 285 g/mol. The van der Waals surface area contributed by atoms with Crippen LogP contribution in [-0.4, -0.2) is 48.1 Å². The molecule has 2 fully saturated rings. The first-order chi connectivity index (χ1) is 8.97. The van der Waals surface area contributed by atoms with E-state index < -0.39 is 0 Å². The van der Waals surface area contributed by atoms with Crippen molar-refractivity contribution in [3.05, 3.63) is 0 Å². The first-order valence-corrected chi connectivity index (χ1v) is 9.34. The number of hydrogen-bond donors (Lipinski definition) is 1. The van der Waals surface area contributed by atoms with Gasteiger partial charge in [0.25, 0.3) is 0 Å². The third-order valence-corrected chi connectivity index (χ3v) is 5.67. The van der Waals surface area contributed by atoms with Crippen LogP contribution in [0.5, 0.6) is 0 Å². The van der Waals surface area contributed by atoms with Crippen LogP contribution < -0.4 is 5.32 Å². The zero-order chi connectivity index (χ0) is 13.9. The van der Waals surface area contributed by atoms with Crippen molar-refractivity contribution in [2.45, 2.75) is 64.5 Å². The second kappa shape index (κ2) is 6.36. The highest BCUT2D eigenvalue weighted by Gasteiger charge is 2.43. The summed E-state index contributed by atoms with van der Waals surface area (Å²) in [5.41, 5.74) is 0.841. The van der Waals surface area contributed by atoms with Crippen molar-refractivity contribution in [1.82, 2.24) is 10.2 Å². The zero-order valence-electron chi connectivity index (χ0n) is 13.3. The minimum Gasteiger partial charge on any atom is -0.308 e. The van der Waals surface area contributed by atoms with Crippen molar-refractivity contribution < 1.29 is 0 Å². The molecule has 0 aromatic heterocycles. The summed E-state index contributed by atoms with van der Waals surface area (Å²) >= 11 is 1.98. The molecule has 1 N–H and O–H groups in total. The van der Waals surface area contributed by atoms with Crippen molar-refractivity contribution >= 4 is 11.8 Å². The fraction of sp³-hybridized carbons (Fsp3) is 1.00. The maximum atomic E-state index is 3.92. The van der Waals surface area contributed by atoms with E-state index in [2.05, 4.69) is 37.2 Å². The number of piperazine rings is 1. The summed E-state index contributed by atoms with van der Waals surface area (Å²) in [4.78, 5) is 2.80. The molecule has 0 amide bonds. The highest BCUT2D eigenvalue weighted by atomic mass is 32.2. The van der Waals surface area contributed by atoms with Crippen LogP contribution in [0.3, 0.4) is 0 Å². The van der Waals surface area contributed by atoms with Gasteiger partial charge in [-0.3, -0.25) is 4.90 Å². The van der Waals surface area contributed by atoms with E-state index in [4.69, 9.17) is 0 Å². The summed E-state index contributed by atoms with van der Waals surface area (Å²) in [6, 6.07) is 0.695. The molecule has 1 aliphatic heterocycles. The molecule has 2 rings (SSSR count). The van der Waals surface area contributed by atoms with Gasteiger partial charge in [-0.05, 0) is 43.2 Å². The monoisotopic (exact) mass is 284 g/mol. The molecule has 1 aliphatic carbocycles. The molecule has 112 valence electrons. The molecule has 1 heterocycles. The van der Waals surface area contributed by atoms with Gasteiger partial charge in [-0.25, -0.2) is 0 Å². The topological polar surface area (TPSA) is 15.3 Å². The average Bonchev–Trinajstić information content (AvgIpc) is 2.76. The standard InChI is InChI=1S/C16H32N2S/c1-15(2,3)14-12-17-16(8-5-6-9-16)13-18(14)10-7-11-19-4/h14,17H,5-13H2,1-4H3. The highest BCUT2D eigenvalue weighted by Crippen LogP contribution is 2.36. The molecule has 1 saturated carbocycles. The summed E-state index contributed by atoms with van der Waals surface area (Å²) in [7, 11) is 0.